The molecule has 0 saturated heterocycles. The highest BCUT2D eigenvalue weighted by Gasteiger charge is 2.17. The van der Waals surface area contributed by atoms with Gasteiger partial charge < -0.3 is 16.2 Å². The van der Waals surface area contributed by atoms with E-state index in [9.17, 15) is 8.78 Å². The Labute approximate surface area is 89.3 Å². The molecule has 8 heteroatoms. The molecule has 0 amide bonds. The van der Waals surface area contributed by atoms with Crippen LogP contribution < -0.4 is 11.1 Å². The van der Waals surface area contributed by atoms with Crippen molar-refractivity contribution >= 4 is 23.4 Å². The number of aliphatic hydroxyl groups excluding tert-OH is 1. The average Bonchev–Trinajstić information content (AvgIpc) is 2.18. The number of anilines is 2. The summed E-state index contributed by atoms with van der Waals surface area (Å²) >= 11 is 5.65. The number of aromatic nitrogens is 2. The molecule has 0 saturated carbocycles. The lowest BCUT2D eigenvalue weighted by Crippen LogP contribution is -2.27. The minimum Gasteiger partial charge on any atom is -0.385 e. The zero-order chi connectivity index (χ0) is 11.4. The molecule has 0 aliphatic rings. The molecular weight excluding hydrogens is 230 g/mol. The van der Waals surface area contributed by atoms with E-state index in [2.05, 4.69) is 15.3 Å². The summed E-state index contributed by atoms with van der Waals surface area (Å²) in [4.78, 5) is 7.26. The van der Waals surface area contributed by atoms with E-state index in [0.29, 0.717) is 0 Å². The molecule has 15 heavy (non-hydrogen) atoms. The lowest BCUT2D eigenvalue weighted by atomic mass is 10.3. The number of nitrogens with one attached hydrogen (secondary N) is 1. The third-order valence-corrected chi connectivity index (χ3v) is 1.81. The van der Waals surface area contributed by atoms with Crippen LogP contribution in [0.4, 0.5) is 20.5 Å². The largest absolute Gasteiger partial charge is 0.385 e. The molecule has 0 aliphatic heterocycles. The minimum absolute atomic E-state index is 0.0339. The molecule has 84 valence electrons. The number of alkyl halides is 2. The highest BCUT2D eigenvalue weighted by atomic mass is 35.5. The topological polar surface area (TPSA) is 84.1 Å². The minimum atomic E-state index is -2.82. The van der Waals surface area contributed by atoms with E-state index in [4.69, 9.17) is 22.4 Å². The molecule has 0 bridgehead atoms. The molecule has 1 heterocycles. The maximum absolute atomic E-state index is 11.9. The van der Waals surface area contributed by atoms with Crippen molar-refractivity contribution in [2.75, 3.05) is 17.6 Å². The first-order valence-electron chi connectivity index (χ1n) is 3.99. The first-order valence-corrected chi connectivity index (χ1v) is 4.36. The van der Waals surface area contributed by atoms with Crippen LogP contribution in [0.5, 0.6) is 0 Å². The quantitative estimate of drug-likeness (QED) is 0.721. The van der Waals surface area contributed by atoms with E-state index in [1.165, 1.54) is 6.20 Å². The van der Waals surface area contributed by atoms with Crippen molar-refractivity contribution in [2.24, 2.45) is 0 Å². The third kappa shape index (κ3) is 3.45. The molecule has 1 rings (SSSR count). The van der Waals surface area contributed by atoms with Crippen LogP contribution in [0, 0.1) is 0 Å². The van der Waals surface area contributed by atoms with Gasteiger partial charge in [-0.3, -0.25) is 0 Å². The summed E-state index contributed by atoms with van der Waals surface area (Å²) in [5, 5.41) is 11.4. The van der Waals surface area contributed by atoms with Crippen LogP contribution in [0.3, 0.4) is 0 Å². The Balaban J connectivity index is 2.61. The van der Waals surface area contributed by atoms with Gasteiger partial charge in [0.05, 0.1) is 6.20 Å². The smallest absolute Gasteiger partial charge is 0.265 e. The Hall–Kier alpha value is -1.21. The van der Waals surface area contributed by atoms with Crippen molar-refractivity contribution in [1.29, 1.82) is 0 Å². The van der Waals surface area contributed by atoms with Gasteiger partial charge in [-0.15, -0.1) is 0 Å². The Kier molecular flexibility index (Phi) is 3.98. The standard InChI is InChI=1S/C7H9ClF2N4O/c8-3-1-13-7(11)14-6(3)12-2-4(15)5(9)10/h1,4-5,15H,2H2,(H3,11,12,13,14). The highest BCUT2D eigenvalue weighted by Crippen LogP contribution is 2.18. The summed E-state index contributed by atoms with van der Waals surface area (Å²) in [5.74, 6) is 0.0808. The highest BCUT2D eigenvalue weighted by molar-refractivity contribution is 6.32. The van der Waals surface area contributed by atoms with Crippen LogP contribution in [0.15, 0.2) is 6.20 Å². The zero-order valence-electron chi connectivity index (χ0n) is 7.49. The van der Waals surface area contributed by atoms with Gasteiger partial charge >= 0.3 is 0 Å². The second-order valence-corrected chi connectivity index (χ2v) is 3.11. The molecule has 1 unspecified atom stereocenters. The summed E-state index contributed by atoms with van der Waals surface area (Å²) in [6, 6.07) is 0. The fourth-order valence-corrected chi connectivity index (χ4v) is 0.953. The van der Waals surface area contributed by atoms with E-state index in [1.807, 2.05) is 0 Å². The fraction of sp³-hybridized carbons (Fsp3) is 0.429. The van der Waals surface area contributed by atoms with Gasteiger partial charge in [0.1, 0.15) is 11.1 Å². The van der Waals surface area contributed by atoms with Gasteiger partial charge in [0.25, 0.3) is 6.43 Å². The molecule has 0 radical (unpaired) electrons. The van der Waals surface area contributed by atoms with Crippen LogP contribution in [0.25, 0.3) is 0 Å². The predicted molar refractivity (Wildman–Crippen MR) is 52.0 cm³/mol. The summed E-state index contributed by atoms with van der Waals surface area (Å²) in [6.45, 7) is -0.367. The lowest BCUT2D eigenvalue weighted by molar-refractivity contribution is 0.00381. The van der Waals surface area contributed by atoms with Crippen LogP contribution in [0.1, 0.15) is 0 Å². The summed E-state index contributed by atoms with van der Waals surface area (Å²) in [7, 11) is 0. The molecule has 1 atom stereocenters. The molecule has 0 aliphatic carbocycles. The first-order chi connectivity index (χ1) is 7.00. The van der Waals surface area contributed by atoms with Gasteiger partial charge in [-0.1, -0.05) is 11.6 Å². The molecule has 4 N–H and O–H groups in total. The maximum Gasteiger partial charge on any atom is 0.265 e. The molecule has 1 aromatic heterocycles. The normalized spacial score (nSPS) is 12.9. The Morgan fingerprint density at radius 2 is 2.27 bits per heavy atom. The van der Waals surface area contributed by atoms with Gasteiger partial charge in [-0.05, 0) is 0 Å². The molecular formula is C7H9ClF2N4O. The lowest BCUT2D eigenvalue weighted by Gasteiger charge is -2.11. The molecule has 5 nitrogen and oxygen atoms in total. The molecule has 0 spiro atoms. The van der Waals surface area contributed by atoms with Crippen LogP contribution in [-0.4, -0.2) is 34.1 Å². The van der Waals surface area contributed by atoms with Crippen molar-refractivity contribution < 1.29 is 13.9 Å². The number of nitrogens with two attached hydrogens (primary N) is 1. The zero-order valence-corrected chi connectivity index (χ0v) is 8.25. The van der Waals surface area contributed by atoms with E-state index in [-0.39, 0.29) is 23.3 Å². The number of hydrogen-bond donors (Lipinski definition) is 3. The second-order valence-electron chi connectivity index (χ2n) is 2.71. The summed E-state index contributed by atoms with van der Waals surface area (Å²) < 4.78 is 23.9. The monoisotopic (exact) mass is 238 g/mol. The number of aliphatic hydroxyl groups is 1. The predicted octanol–water partition coefficient (Wildman–Crippen LogP) is 0.750. The molecule has 0 fully saturated rings. The van der Waals surface area contributed by atoms with Gasteiger partial charge in [-0.2, -0.15) is 4.98 Å². The van der Waals surface area contributed by atoms with Gasteiger partial charge in [-0.25, -0.2) is 13.8 Å². The summed E-state index contributed by atoms with van der Waals surface area (Å²) in [6.07, 6.45) is -3.37. The van der Waals surface area contributed by atoms with E-state index in [1.54, 1.807) is 0 Å². The van der Waals surface area contributed by atoms with E-state index >= 15 is 0 Å². The number of halogens is 3. The van der Waals surface area contributed by atoms with Gasteiger partial charge in [0.2, 0.25) is 5.95 Å². The second kappa shape index (κ2) is 5.04. The van der Waals surface area contributed by atoms with Gasteiger partial charge in [0.15, 0.2) is 5.82 Å². The number of rotatable bonds is 4. The van der Waals surface area contributed by atoms with Gasteiger partial charge in [0, 0.05) is 6.54 Å². The fourth-order valence-electron chi connectivity index (χ4n) is 0.795. The Morgan fingerprint density at radius 1 is 1.60 bits per heavy atom. The van der Waals surface area contributed by atoms with Crippen molar-refractivity contribution in [1.82, 2.24) is 9.97 Å². The van der Waals surface area contributed by atoms with Crippen LogP contribution >= 0.6 is 11.6 Å². The summed E-state index contributed by atoms with van der Waals surface area (Å²) in [5.41, 5.74) is 5.26. The van der Waals surface area contributed by atoms with E-state index < -0.39 is 12.5 Å². The van der Waals surface area contributed by atoms with Crippen LogP contribution in [-0.2, 0) is 0 Å². The maximum atomic E-state index is 11.9. The van der Waals surface area contributed by atoms with E-state index in [0.717, 1.165) is 0 Å². The molecule has 0 aromatic carbocycles. The van der Waals surface area contributed by atoms with Crippen molar-refractivity contribution in [3.63, 3.8) is 0 Å². The molecule has 1 aromatic rings. The van der Waals surface area contributed by atoms with Crippen LogP contribution in [0.2, 0.25) is 5.02 Å². The van der Waals surface area contributed by atoms with Crippen molar-refractivity contribution in [2.45, 2.75) is 12.5 Å². The number of nitrogen functional groups attached to an aromatic ring is 1. The SMILES string of the molecule is Nc1ncc(Cl)c(NCC(O)C(F)F)n1. The number of hydrogen-bond acceptors (Lipinski definition) is 5. The first kappa shape index (κ1) is 11.9. The van der Waals surface area contributed by atoms with Crippen molar-refractivity contribution in [3.05, 3.63) is 11.2 Å². The Morgan fingerprint density at radius 3 is 2.87 bits per heavy atom. The number of nitrogens with zero attached hydrogens (tertiary/aromatic N) is 2. The Bertz CT molecular complexity index is 339. The van der Waals surface area contributed by atoms with Crippen molar-refractivity contribution in [3.8, 4) is 0 Å². The average molecular weight is 239 g/mol. The third-order valence-electron chi connectivity index (χ3n) is 1.53.